The molecule has 1 saturated heterocycles. The fourth-order valence-electron chi connectivity index (χ4n) is 4.83. The summed E-state index contributed by atoms with van der Waals surface area (Å²) in [5.74, 6) is 0.174. The van der Waals surface area contributed by atoms with E-state index in [9.17, 15) is 14.0 Å². The first-order valence-electron chi connectivity index (χ1n) is 11.4. The van der Waals surface area contributed by atoms with Crippen molar-refractivity contribution in [1.29, 1.82) is 0 Å². The second-order valence-corrected chi connectivity index (χ2v) is 8.90. The van der Waals surface area contributed by atoms with Crippen molar-refractivity contribution in [1.82, 2.24) is 4.90 Å². The molecule has 3 aliphatic rings. The second-order valence-electron chi connectivity index (χ2n) is 8.90. The summed E-state index contributed by atoms with van der Waals surface area (Å²) in [6.07, 6.45) is 6.36. The van der Waals surface area contributed by atoms with Crippen molar-refractivity contribution >= 4 is 17.5 Å². The average molecular weight is 438 g/mol. The number of hydrogen-bond acceptors (Lipinski definition) is 4. The molecule has 2 fully saturated rings. The van der Waals surface area contributed by atoms with E-state index in [1.54, 1.807) is 4.90 Å². The zero-order chi connectivity index (χ0) is 22.1. The third-order valence-corrected chi connectivity index (χ3v) is 6.66. The van der Waals surface area contributed by atoms with Crippen molar-refractivity contribution in [3.8, 4) is 11.5 Å². The summed E-state index contributed by atoms with van der Waals surface area (Å²) in [5, 5.41) is 3.00. The van der Waals surface area contributed by atoms with Gasteiger partial charge in [-0.05, 0) is 62.1 Å². The number of ether oxygens (including phenoxy) is 2. The number of nitrogens with zero attached hydrogens (tertiary/aromatic N) is 1. The van der Waals surface area contributed by atoms with Gasteiger partial charge in [-0.25, -0.2) is 4.39 Å². The normalized spacial score (nSPS) is 19.7. The van der Waals surface area contributed by atoms with Crippen LogP contribution in [0.2, 0.25) is 0 Å². The Hall–Kier alpha value is -3.09. The number of amides is 2. The largest absolute Gasteiger partial charge is 0.448 e. The first-order valence-corrected chi connectivity index (χ1v) is 11.4. The van der Waals surface area contributed by atoms with Gasteiger partial charge in [0.1, 0.15) is 5.82 Å². The molecule has 0 atom stereocenters. The summed E-state index contributed by atoms with van der Waals surface area (Å²) in [5.41, 5.74) is 1.15. The van der Waals surface area contributed by atoms with Gasteiger partial charge in [0, 0.05) is 49.2 Å². The van der Waals surface area contributed by atoms with Gasteiger partial charge in [-0.2, -0.15) is 0 Å². The average Bonchev–Trinajstić information content (AvgIpc) is 3.16. The van der Waals surface area contributed by atoms with Crippen molar-refractivity contribution in [2.24, 2.45) is 5.92 Å². The van der Waals surface area contributed by atoms with E-state index in [2.05, 4.69) is 5.32 Å². The van der Waals surface area contributed by atoms with E-state index >= 15 is 0 Å². The van der Waals surface area contributed by atoms with E-state index in [0.29, 0.717) is 42.9 Å². The monoisotopic (exact) mass is 438 g/mol. The van der Waals surface area contributed by atoms with Crippen molar-refractivity contribution in [2.45, 2.75) is 50.7 Å². The Morgan fingerprint density at radius 1 is 0.938 bits per heavy atom. The zero-order valence-electron chi connectivity index (χ0n) is 17.9. The number of carbonyl (C=O) groups excluding carboxylic acids is 2. The molecule has 6 nitrogen and oxygen atoms in total. The maximum Gasteiger partial charge on any atom is 0.253 e. The molecule has 1 spiro atoms. The predicted molar refractivity (Wildman–Crippen MR) is 117 cm³/mol. The molecule has 5 rings (SSSR count). The summed E-state index contributed by atoms with van der Waals surface area (Å²) < 4.78 is 25.3. The van der Waals surface area contributed by atoms with E-state index in [-0.39, 0.29) is 23.5 Å². The SMILES string of the molecule is O=C(Nc1ccc2c(c1)OC1(CCCCC1)O2)C1CCN(C(=O)c2ccc(F)cc2)CC1. The highest BCUT2D eigenvalue weighted by Crippen LogP contribution is 2.46. The summed E-state index contributed by atoms with van der Waals surface area (Å²) in [6, 6.07) is 11.1. The Kier molecular flexibility index (Phi) is 5.49. The van der Waals surface area contributed by atoms with E-state index in [4.69, 9.17) is 9.47 Å². The van der Waals surface area contributed by atoms with E-state index < -0.39 is 5.79 Å². The van der Waals surface area contributed by atoms with Crippen LogP contribution in [-0.2, 0) is 4.79 Å². The minimum absolute atomic E-state index is 0.0508. The first-order chi connectivity index (χ1) is 15.5. The lowest BCUT2D eigenvalue weighted by Gasteiger charge is -2.31. The quantitative estimate of drug-likeness (QED) is 0.751. The number of nitrogens with one attached hydrogen (secondary N) is 1. The number of piperidine rings is 1. The van der Waals surface area contributed by atoms with Gasteiger partial charge in [0.25, 0.3) is 11.7 Å². The number of anilines is 1. The van der Waals surface area contributed by atoms with Crippen molar-refractivity contribution in [3.05, 3.63) is 53.8 Å². The van der Waals surface area contributed by atoms with Gasteiger partial charge < -0.3 is 19.7 Å². The Balaban J connectivity index is 1.16. The van der Waals surface area contributed by atoms with Crippen LogP contribution in [-0.4, -0.2) is 35.6 Å². The molecule has 7 heteroatoms. The number of carbonyl (C=O) groups is 2. The molecule has 168 valence electrons. The van der Waals surface area contributed by atoms with Gasteiger partial charge in [0.05, 0.1) is 0 Å². The molecule has 1 aliphatic carbocycles. The van der Waals surface area contributed by atoms with Crippen molar-refractivity contribution in [3.63, 3.8) is 0 Å². The minimum Gasteiger partial charge on any atom is -0.448 e. The topological polar surface area (TPSA) is 67.9 Å². The van der Waals surface area contributed by atoms with Gasteiger partial charge in [-0.3, -0.25) is 9.59 Å². The Bertz CT molecular complexity index is 1010. The van der Waals surface area contributed by atoms with Crippen LogP contribution in [0.1, 0.15) is 55.3 Å². The molecule has 0 aromatic heterocycles. The summed E-state index contributed by atoms with van der Waals surface area (Å²) >= 11 is 0. The van der Waals surface area contributed by atoms with Crippen molar-refractivity contribution < 1.29 is 23.5 Å². The molecule has 1 saturated carbocycles. The minimum atomic E-state index is -0.535. The first kappa shape index (κ1) is 20.8. The number of benzene rings is 2. The van der Waals surface area contributed by atoms with Gasteiger partial charge in [-0.15, -0.1) is 0 Å². The highest BCUT2D eigenvalue weighted by molar-refractivity contribution is 5.95. The predicted octanol–water partition coefficient (Wildman–Crippen LogP) is 4.75. The molecule has 0 radical (unpaired) electrons. The van der Waals surface area contributed by atoms with E-state index in [1.807, 2.05) is 18.2 Å². The molecule has 0 unspecified atom stereocenters. The molecular weight excluding hydrogens is 411 g/mol. The molecule has 2 aromatic carbocycles. The Morgan fingerprint density at radius 3 is 2.34 bits per heavy atom. The van der Waals surface area contributed by atoms with Gasteiger partial charge in [0.15, 0.2) is 11.5 Å². The van der Waals surface area contributed by atoms with Gasteiger partial charge in [-0.1, -0.05) is 6.42 Å². The Morgan fingerprint density at radius 2 is 1.62 bits per heavy atom. The number of fused-ring (bicyclic) bond motifs is 1. The third kappa shape index (κ3) is 4.16. The molecule has 2 aliphatic heterocycles. The second kappa shape index (κ2) is 8.45. The molecule has 0 bridgehead atoms. The van der Waals surface area contributed by atoms with Crippen molar-refractivity contribution in [2.75, 3.05) is 18.4 Å². The van der Waals surface area contributed by atoms with Crippen LogP contribution >= 0.6 is 0 Å². The number of halogens is 1. The molecule has 32 heavy (non-hydrogen) atoms. The summed E-state index contributed by atoms with van der Waals surface area (Å²) in [7, 11) is 0. The number of rotatable bonds is 3. The number of hydrogen-bond donors (Lipinski definition) is 1. The molecule has 1 N–H and O–H groups in total. The van der Waals surface area contributed by atoms with E-state index in [0.717, 1.165) is 31.4 Å². The lowest BCUT2D eigenvalue weighted by atomic mass is 9.94. The molecule has 2 aromatic rings. The highest BCUT2D eigenvalue weighted by Gasteiger charge is 2.42. The van der Waals surface area contributed by atoms with Gasteiger partial charge in [0.2, 0.25) is 5.91 Å². The van der Waals surface area contributed by atoms with Crippen LogP contribution in [0.15, 0.2) is 42.5 Å². The summed E-state index contributed by atoms with van der Waals surface area (Å²) in [4.78, 5) is 27.1. The lowest BCUT2D eigenvalue weighted by Crippen LogP contribution is -2.41. The third-order valence-electron chi connectivity index (χ3n) is 6.66. The summed E-state index contributed by atoms with van der Waals surface area (Å²) in [6.45, 7) is 0.996. The molecule has 2 heterocycles. The van der Waals surface area contributed by atoms with Gasteiger partial charge >= 0.3 is 0 Å². The highest BCUT2D eigenvalue weighted by atomic mass is 19.1. The van der Waals surface area contributed by atoms with Crippen LogP contribution in [0, 0.1) is 11.7 Å². The number of likely N-dealkylation sites (tertiary alicyclic amines) is 1. The van der Waals surface area contributed by atoms with Crippen LogP contribution < -0.4 is 14.8 Å². The maximum atomic E-state index is 13.1. The van der Waals surface area contributed by atoms with Crippen LogP contribution in [0.5, 0.6) is 11.5 Å². The molecular formula is C25H27FN2O4. The lowest BCUT2D eigenvalue weighted by molar-refractivity contribution is -0.121. The smallest absolute Gasteiger partial charge is 0.253 e. The molecule has 2 amide bonds. The zero-order valence-corrected chi connectivity index (χ0v) is 17.9. The van der Waals surface area contributed by atoms with Crippen LogP contribution in [0.25, 0.3) is 0 Å². The fourth-order valence-corrected chi connectivity index (χ4v) is 4.83. The fraction of sp³-hybridized carbons (Fsp3) is 0.440. The maximum absolute atomic E-state index is 13.1. The van der Waals surface area contributed by atoms with Crippen LogP contribution in [0.3, 0.4) is 0 Å². The van der Waals surface area contributed by atoms with E-state index in [1.165, 1.54) is 30.7 Å². The van der Waals surface area contributed by atoms with Crippen LogP contribution in [0.4, 0.5) is 10.1 Å². The standard InChI is InChI=1S/C25H27FN2O4/c26-19-6-4-18(5-7-19)24(30)28-14-10-17(11-15-28)23(29)27-20-8-9-21-22(16-20)32-25(31-21)12-2-1-3-13-25/h4-9,16-17H,1-3,10-15H2,(H,27,29). The Labute approximate surface area is 186 Å².